The van der Waals surface area contributed by atoms with Crippen LogP contribution in [0, 0.1) is 0 Å². The Balaban J connectivity index is 3.05. The van der Waals surface area contributed by atoms with Crippen LogP contribution in [-0.2, 0) is 9.59 Å². The molecular weight excluding hydrogens is 160 g/mol. The van der Waals surface area contributed by atoms with E-state index in [0.717, 1.165) is 0 Å². The highest BCUT2D eigenvalue weighted by atomic mass is 16.2. The first-order chi connectivity index (χ1) is 5.52. The second kappa shape index (κ2) is 2.77. The summed E-state index contributed by atoms with van der Waals surface area (Å²) < 4.78 is 0. The molecule has 1 rings (SSSR count). The molecule has 0 bridgehead atoms. The van der Waals surface area contributed by atoms with E-state index in [1.807, 2.05) is 10.6 Å². The molecule has 0 atom stereocenters. The summed E-state index contributed by atoms with van der Waals surface area (Å²) in [7, 11) is 0. The van der Waals surface area contributed by atoms with Gasteiger partial charge in [0.15, 0.2) is 0 Å². The predicted octanol–water partition coefficient (Wildman–Crippen LogP) is -0.311. The third-order valence-electron chi connectivity index (χ3n) is 1.41. The summed E-state index contributed by atoms with van der Waals surface area (Å²) >= 11 is 0. The maximum Gasteiger partial charge on any atom is 0.328 e. The standard InChI is InChI=1S/C7H8N2O3/c1-3(2)4-5(10)8-7(12)9-6(4)11/h1-2H3,(H2,8,9,10,11,12). The van der Waals surface area contributed by atoms with Gasteiger partial charge in [0, 0.05) is 0 Å². The minimum atomic E-state index is -0.769. The van der Waals surface area contributed by atoms with Gasteiger partial charge in [-0.3, -0.25) is 20.2 Å². The fourth-order valence-corrected chi connectivity index (χ4v) is 0.920. The molecule has 1 heterocycles. The first-order valence-corrected chi connectivity index (χ1v) is 3.36. The molecule has 12 heavy (non-hydrogen) atoms. The minimum Gasteiger partial charge on any atom is -0.273 e. The monoisotopic (exact) mass is 168 g/mol. The van der Waals surface area contributed by atoms with E-state index in [1.54, 1.807) is 13.8 Å². The van der Waals surface area contributed by atoms with E-state index in [4.69, 9.17) is 0 Å². The van der Waals surface area contributed by atoms with E-state index < -0.39 is 17.8 Å². The van der Waals surface area contributed by atoms with Crippen LogP contribution in [0.15, 0.2) is 11.1 Å². The maximum atomic E-state index is 11.0. The first kappa shape index (κ1) is 8.45. The van der Waals surface area contributed by atoms with Gasteiger partial charge in [-0.2, -0.15) is 0 Å². The molecule has 5 heteroatoms. The fourth-order valence-electron chi connectivity index (χ4n) is 0.920. The van der Waals surface area contributed by atoms with Gasteiger partial charge >= 0.3 is 6.03 Å². The Morgan fingerprint density at radius 3 is 1.75 bits per heavy atom. The van der Waals surface area contributed by atoms with Crippen molar-refractivity contribution in [3.05, 3.63) is 11.1 Å². The number of carbonyl (C=O) groups excluding carboxylic acids is 3. The van der Waals surface area contributed by atoms with Gasteiger partial charge in [0.2, 0.25) is 0 Å². The fraction of sp³-hybridized carbons (Fsp3) is 0.286. The molecule has 0 aromatic heterocycles. The number of urea groups is 1. The third kappa shape index (κ3) is 1.34. The van der Waals surface area contributed by atoms with Crippen molar-refractivity contribution in [1.82, 2.24) is 10.6 Å². The van der Waals surface area contributed by atoms with Crippen LogP contribution in [0.4, 0.5) is 4.79 Å². The van der Waals surface area contributed by atoms with E-state index in [0.29, 0.717) is 5.57 Å². The zero-order valence-corrected chi connectivity index (χ0v) is 6.72. The molecule has 1 aliphatic heterocycles. The van der Waals surface area contributed by atoms with Crippen LogP contribution in [0.3, 0.4) is 0 Å². The van der Waals surface area contributed by atoms with Gasteiger partial charge in [0.25, 0.3) is 11.8 Å². The van der Waals surface area contributed by atoms with Crippen LogP contribution in [0.25, 0.3) is 0 Å². The molecule has 1 fully saturated rings. The lowest BCUT2D eigenvalue weighted by atomic mass is 10.1. The number of carbonyl (C=O) groups is 3. The summed E-state index contributed by atoms with van der Waals surface area (Å²) in [6, 6.07) is -0.769. The Labute approximate surface area is 68.8 Å². The van der Waals surface area contributed by atoms with Crippen molar-refractivity contribution >= 4 is 17.8 Å². The number of barbiturate groups is 1. The number of hydrogen-bond donors (Lipinski definition) is 2. The lowest BCUT2D eigenvalue weighted by Gasteiger charge is -2.14. The molecular formula is C7H8N2O3. The lowest BCUT2D eigenvalue weighted by molar-refractivity contribution is -0.124. The molecule has 0 spiro atoms. The summed E-state index contributed by atoms with van der Waals surface area (Å²) in [6.45, 7) is 3.26. The Morgan fingerprint density at radius 2 is 1.42 bits per heavy atom. The smallest absolute Gasteiger partial charge is 0.273 e. The molecule has 2 N–H and O–H groups in total. The topological polar surface area (TPSA) is 75.3 Å². The second-order valence-electron chi connectivity index (χ2n) is 2.61. The normalized spacial score (nSPS) is 17.2. The Hall–Kier alpha value is -1.65. The molecule has 0 radical (unpaired) electrons. The van der Waals surface area contributed by atoms with E-state index in [9.17, 15) is 14.4 Å². The summed E-state index contributed by atoms with van der Waals surface area (Å²) in [4.78, 5) is 32.6. The van der Waals surface area contributed by atoms with Gasteiger partial charge in [-0.25, -0.2) is 4.79 Å². The summed E-state index contributed by atoms with van der Waals surface area (Å²) in [5.41, 5.74) is 0.590. The van der Waals surface area contributed by atoms with Crippen LogP contribution >= 0.6 is 0 Å². The number of imide groups is 2. The average molecular weight is 168 g/mol. The molecule has 0 aromatic rings. The number of amides is 4. The molecule has 0 aliphatic carbocycles. The van der Waals surface area contributed by atoms with E-state index in [2.05, 4.69) is 0 Å². The zero-order valence-electron chi connectivity index (χ0n) is 6.72. The van der Waals surface area contributed by atoms with Crippen molar-refractivity contribution < 1.29 is 14.4 Å². The number of nitrogens with one attached hydrogen (secondary N) is 2. The van der Waals surface area contributed by atoms with E-state index in [1.165, 1.54) is 0 Å². The Bertz CT molecular complexity index is 278. The van der Waals surface area contributed by atoms with Gasteiger partial charge in [0.1, 0.15) is 5.57 Å². The van der Waals surface area contributed by atoms with E-state index >= 15 is 0 Å². The average Bonchev–Trinajstić information content (AvgIpc) is 1.82. The van der Waals surface area contributed by atoms with Crippen LogP contribution in [0.2, 0.25) is 0 Å². The predicted molar refractivity (Wildman–Crippen MR) is 40.1 cm³/mol. The summed E-state index contributed by atoms with van der Waals surface area (Å²) in [5, 5.41) is 3.95. The van der Waals surface area contributed by atoms with Gasteiger partial charge in [-0.1, -0.05) is 5.57 Å². The van der Waals surface area contributed by atoms with Crippen molar-refractivity contribution in [2.45, 2.75) is 13.8 Å². The first-order valence-electron chi connectivity index (χ1n) is 3.36. The summed E-state index contributed by atoms with van der Waals surface area (Å²) in [5.74, 6) is -1.27. The van der Waals surface area contributed by atoms with Crippen molar-refractivity contribution in [2.24, 2.45) is 0 Å². The number of rotatable bonds is 0. The molecule has 0 aromatic carbocycles. The lowest BCUT2D eigenvalue weighted by Crippen LogP contribution is -2.51. The highest BCUT2D eigenvalue weighted by Gasteiger charge is 2.28. The van der Waals surface area contributed by atoms with Gasteiger partial charge in [-0.05, 0) is 13.8 Å². The van der Waals surface area contributed by atoms with Crippen molar-refractivity contribution in [2.75, 3.05) is 0 Å². The molecule has 5 nitrogen and oxygen atoms in total. The molecule has 0 unspecified atom stereocenters. The Kier molecular flexibility index (Phi) is 1.95. The molecule has 64 valence electrons. The SMILES string of the molecule is CC(C)=C1C(=O)NC(=O)NC1=O. The molecule has 0 saturated carbocycles. The maximum absolute atomic E-state index is 11.0. The van der Waals surface area contributed by atoms with Crippen molar-refractivity contribution in [3.63, 3.8) is 0 Å². The molecule has 1 aliphatic rings. The number of hydrogen-bond acceptors (Lipinski definition) is 3. The van der Waals surface area contributed by atoms with Crippen LogP contribution in [0.5, 0.6) is 0 Å². The van der Waals surface area contributed by atoms with Crippen LogP contribution < -0.4 is 10.6 Å². The van der Waals surface area contributed by atoms with Gasteiger partial charge in [0.05, 0.1) is 0 Å². The quantitative estimate of drug-likeness (QED) is 0.385. The van der Waals surface area contributed by atoms with Gasteiger partial charge in [-0.15, -0.1) is 0 Å². The van der Waals surface area contributed by atoms with Crippen molar-refractivity contribution in [1.29, 1.82) is 0 Å². The summed E-state index contributed by atoms with van der Waals surface area (Å²) in [6.07, 6.45) is 0. The van der Waals surface area contributed by atoms with Crippen molar-refractivity contribution in [3.8, 4) is 0 Å². The van der Waals surface area contributed by atoms with Gasteiger partial charge < -0.3 is 0 Å². The molecule has 4 amide bonds. The highest BCUT2D eigenvalue weighted by Crippen LogP contribution is 2.06. The highest BCUT2D eigenvalue weighted by molar-refractivity contribution is 6.29. The largest absolute Gasteiger partial charge is 0.328 e. The zero-order chi connectivity index (χ0) is 9.30. The second-order valence-corrected chi connectivity index (χ2v) is 2.61. The third-order valence-corrected chi connectivity index (χ3v) is 1.41. The Morgan fingerprint density at radius 1 is 1.00 bits per heavy atom. The van der Waals surface area contributed by atoms with Crippen LogP contribution in [-0.4, -0.2) is 17.8 Å². The number of allylic oxidation sites excluding steroid dienone is 1. The van der Waals surface area contributed by atoms with E-state index in [-0.39, 0.29) is 5.57 Å². The van der Waals surface area contributed by atoms with Crippen LogP contribution in [0.1, 0.15) is 13.8 Å². The molecule has 1 saturated heterocycles. The minimum absolute atomic E-state index is 0.00889.